The van der Waals surface area contributed by atoms with Crippen LogP contribution in [0.25, 0.3) is 11.0 Å². The topological polar surface area (TPSA) is 50.5 Å². The van der Waals surface area contributed by atoms with Gasteiger partial charge in [-0.05, 0) is 23.8 Å². The zero-order chi connectivity index (χ0) is 13.4. The third kappa shape index (κ3) is 2.10. The summed E-state index contributed by atoms with van der Waals surface area (Å²) in [5.74, 6) is 0. The molecule has 0 radical (unpaired) electrons. The third-order valence-corrected chi connectivity index (χ3v) is 3.80. The van der Waals surface area contributed by atoms with Gasteiger partial charge in [0.05, 0.1) is 4.53 Å². The highest BCUT2D eigenvalue weighted by Gasteiger charge is 2.04. The van der Waals surface area contributed by atoms with Crippen LogP contribution in [0.3, 0.4) is 0 Å². The molecular formula is C13H12N4OS. The van der Waals surface area contributed by atoms with E-state index in [2.05, 4.69) is 10.1 Å². The molecule has 0 saturated carbocycles. The van der Waals surface area contributed by atoms with Crippen LogP contribution in [-0.2, 0) is 0 Å². The Kier molecular flexibility index (Phi) is 2.79. The van der Waals surface area contributed by atoms with E-state index in [1.807, 2.05) is 49.3 Å². The first-order valence-corrected chi connectivity index (χ1v) is 6.58. The van der Waals surface area contributed by atoms with Crippen LogP contribution in [0.15, 0.2) is 35.4 Å². The Morgan fingerprint density at radius 1 is 1.26 bits per heavy atom. The molecular weight excluding hydrogens is 260 g/mol. The first-order valence-electron chi connectivity index (χ1n) is 5.77. The average Bonchev–Trinajstić information content (AvgIpc) is 2.95. The number of nitrogens with zero attached hydrogens (tertiary/aromatic N) is 4. The van der Waals surface area contributed by atoms with Gasteiger partial charge in [0.15, 0.2) is 0 Å². The fourth-order valence-corrected chi connectivity index (χ4v) is 2.68. The van der Waals surface area contributed by atoms with E-state index in [-0.39, 0.29) is 5.56 Å². The van der Waals surface area contributed by atoms with Crippen LogP contribution in [0, 0.1) is 0 Å². The molecule has 2 heterocycles. The second kappa shape index (κ2) is 4.47. The van der Waals surface area contributed by atoms with Gasteiger partial charge in [-0.2, -0.15) is 9.61 Å². The molecule has 2 aromatic heterocycles. The van der Waals surface area contributed by atoms with Crippen molar-refractivity contribution < 1.29 is 0 Å². The lowest BCUT2D eigenvalue weighted by Crippen LogP contribution is -2.23. The van der Waals surface area contributed by atoms with E-state index in [0.29, 0.717) is 9.49 Å². The Bertz CT molecular complexity index is 817. The summed E-state index contributed by atoms with van der Waals surface area (Å²) >= 11 is 1.35. The Hall–Kier alpha value is -2.21. The van der Waals surface area contributed by atoms with Crippen molar-refractivity contribution in [3.05, 3.63) is 51.0 Å². The van der Waals surface area contributed by atoms with Crippen LogP contribution < -0.4 is 15.0 Å². The van der Waals surface area contributed by atoms with Gasteiger partial charge >= 0.3 is 0 Å². The molecule has 3 rings (SSSR count). The fraction of sp³-hybridized carbons (Fsp3) is 0.154. The summed E-state index contributed by atoms with van der Waals surface area (Å²) in [6, 6.07) is 8.02. The molecule has 6 heteroatoms. The van der Waals surface area contributed by atoms with Gasteiger partial charge in [0.25, 0.3) is 5.56 Å². The largest absolute Gasteiger partial charge is 0.378 e. The number of hydrogen-bond donors (Lipinski definition) is 0. The number of rotatable bonds is 2. The lowest BCUT2D eigenvalue weighted by Gasteiger charge is -2.11. The normalized spacial score (nSPS) is 12.2. The number of aromatic nitrogens is 3. The molecule has 3 aromatic rings. The van der Waals surface area contributed by atoms with Crippen LogP contribution in [0.2, 0.25) is 0 Å². The molecule has 0 unspecified atom stereocenters. The first kappa shape index (κ1) is 11.9. The molecule has 0 spiro atoms. The predicted octanol–water partition coefficient (Wildman–Crippen LogP) is 0.765. The van der Waals surface area contributed by atoms with Gasteiger partial charge < -0.3 is 4.90 Å². The molecule has 0 fully saturated rings. The van der Waals surface area contributed by atoms with E-state index in [0.717, 1.165) is 11.3 Å². The third-order valence-electron chi connectivity index (χ3n) is 2.83. The van der Waals surface area contributed by atoms with Crippen molar-refractivity contribution in [3.8, 4) is 0 Å². The summed E-state index contributed by atoms with van der Waals surface area (Å²) in [6.45, 7) is 0. The molecule has 0 aliphatic heterocycles. The van der Waals surface area contributed by atoms with Crippen molar-refractivity contribution in [2.75, 3.05) is 19.0 Å². The summed E-state index contributed by atoms with van der Waals surface area (Å²) in [4.78, 5) is 18.7. The maximum absolute atomic E-state index is 12.0. The summed E-state index contributed by atoms with van der Waals surface area (Å²) < 4.78 is 1.97. The standard InChI is InChI=1S/C13H12N4OS/c1-16(2)10-5-3-9(4-6-10)7-11-12(18)17-13(19-11)14-8-15-17/h3-8H,1-2H3/b11-7-. The highest BCUT2D eigenvalue weighted by molar-refractivity contribution is 7.15. The van der Waals surface area contributed by atoms with Gasteiger partial charge in [-0.25, -0.2) is 4.98 Å². The van der Waals surface area contributed by atoms with E-state index >= 15 is 0 Å². The lowest BCUT2D eigenvalue weighted by atomic mass is 10.2. The highest BCUT2D eigenvalue weighted by atomic mass is 32.1. The molecule has 19 heavy (non-hydrogen) atoms. The Morgan fingerprint density at radius 2 is 2.00 bits per heavy atom. The minimum absolute atomic E-state index is 0.116. The Balaban J connectivity index is 2.07. The van der Waals surface area contributed by atoms with Crippen molar-refractivity contribution >= 4 is 28.1 Å². The lowest BCUT2D eigenvalue weighted by molar-refractivity contribution is 0.932. The van der Waals surface area contributed by atoms with Crippen LogP contribution in [0.4, 0.5) is 5.69 Å². The molecule has 0 aliphatic rings. The Morgan fingerprint density at radius 3 is 2.63 bits per heavy atom. The van der Waals surface area contributed by atoms with Gasteiger partial charge in [0.1, 0.15) is 6.33 Å². The molecule has 96 valence electrons. The molecule has 0 bridgehead atoms. The number of hydrogen-bond acceptors (Lipinski definition) is 5. The number of benzene rings is 1. The molecule has 1 aromatic carbocycles. The van der Waals surface area contributed by atoms with Crippen LogP contribution >= 0.6 is 11.3 Å². The van der Waals surface area contributed by atoms with Gasteiger partial charge in [0, 0.05) is 19.8 Å². The zero-order valence-electron chi connectivity index (χ0n) is 10.6. The minimum Gasteiger partial charge on any atom is -0.378 e. The predicted molar refractivity (Wildman–Crippen MR) is 76.7 cm³/mol. The van der Waals surface area contributed by atoms with Crippen molar-refractivity contribution in [3.63, 3.8) is 0 Å². The molecule has 5 nitrogen and oxygen atoms in total. The van der Waals surface area contributed by atoms with E-state index in [9.17, 15) is 4.79 Å². The maximum atomic E-state index is 12.0. The van der Waals surface area contributed by atoms with Crippen molar-refractivity contribution in [2.24, 2.45) is 0 Å². The quantitative estimate of drug-likeness (QED) is 0.691. The smallest absolute Gasteiger partial charge is 0.291 e. The van der Waals surface area contributed by atoms with E-state index in [1.54, 1.807) is 0 Å². The van der Waals surface area contributed by atoms with Crippen LogP contribution in [0.1, 0.15) is 5.56 Å². The molecule has 0 N–H and O–H groups in total. The van der Waals surface area contributed by atoms with Crippen LogP contribution in [0.5, 0.6) is 0 Å². The van der Waals surface area contributed by atoms with Crippen molar-refractivity contribution in [2.45, 2.75) is 0 Å². The fourth-order valence-electron chi connectivity index (χ4n) is 1.80. The SMILES string of the molecule is CN(C)c1ccc(/C=c2\sc3ncnn3c2=O)cc1. The summed E-state index contributed by atoms with van der Waals surface area (Å²) in [5.41, 5.74) is 2.00. The zero-order valence-corrected chi connectivity index (χ0v) is 11.4. The van der Waals surface area contributed by atoms with E-state index < -0.39 is 0 Å². The maximum Gasteiger partial charge on any atom is 0.291 e. The monoisotopic (exact) mass is 272 g/mol. The van der Waals surface area contributed by atoms with Gasteiger partial charge in [-0.15, -0.1) is 0 Å². The second-order valence-electron chi connectivity index (χ2n) is 4.36. The minimum atomic E-state index is -0.116. The second-order valence-corrected chi connectivity index (χ2v) is 5.37. The van der Waals surface area contributed by atoms with E-state index in [1.165, 1.54) is 22.2 Å². The average molecular weight is 272 g/mol. The van der Waals surface area contributed by atoms with Crippen molar-refractivity contribution in [1.82, 2.24) is 14.6 Å². The Labute approximate surface area is 113 Å². The highest BCUT2D eigenvalue weighted by Crippen LogP contribution is 2.12. The summed E-state index contributed by atoms with van der Waals surface area (Å²) in [7, 11) is 3.99. The van der Waals surface area contributed by atoms with Gasteiger partial charge in [-0.1, -0.05) is 23.5 Å². The van der Waals surface area contributed by atoms with Crippen molar-refractivity contribution in [1.29, 1.82) is 0 Å². The van der Waals surface area contributed by atoms with Gasteiger partial charge in [-0.3, -0.25) is 4.79 Å². The van der Waals surface area contributed by atoms with Crippen LogP contribution in [-0.4, -0.2) is 28.7 Å². The number of anilines is 1. The first-order chi connectivity index (χ1) is 9.15. The summed E-state index contributed by atoms with van der Waals surface area (Å²) in [5, 5.41) is 3.89. The molecule has 0 aliphatic carbocycles. The molecule has 0 saturated heterocycles. The molecule has 0 amide bonds. The number of fused-ring (bicyclic) bond motifs is 1. The number of thiazole rings is 1. The summed E-state index contributed by atoms with van der Waals surface area (Å²) in [6.07, 6.45) is 3.26. The van der Waals surface area contributed by atoms with Gasteiger partial charge in [0.2, 0.25) is 4.96 Å². The van der Waals surface area contributed by atoms with E-state index in [4.69, 9.17) is 0 Å². The molecule has 0 atom stereocenters.